The van der Waals surface area contributed by atoms with E-state index >= 15 is 0 Å². The van der Waals surface area contributed by atoms with E-state index in [-0.39, 0.29) is 5.84 Å². The van der Waals surface area contributed by atoms with Crippen molar-refractivity contribution in [2.24, 2.45) is 10.9 Å². The zero-order valence-corrected chi connectivity index (χ0v) is 12.2. The van der Waals surface area contributed by atoms with Crippen LogP contribution in [-0.2, 0) is 6.54 Å². The van der Waals surface area contributed by atoms with Crippen LogP contribution in [0.1, 0.15) is 11.1 Å². The predicted octanol–water partition coefficient (Wildman–Crippen LogP) is 2.43. The maximum atomic E-state index is 8.77. The van der Waals surface area contributed by atoms with Crippen LogP contribution in [0.5, 0.6) is 5.75 Å². The number of benzene rings is 2. The maximum Gasteiger partial charge on any atom is 0.173 e. The molecule has 0 bridgehead atoms. The van der Waals surface area contributed by atoms with Gasteiger partial charge < -0.3 is 20.6 Å². The van der Waals surface area contributed by atoms with Crippen molar-refractivity contribution in [1.82, 2.24) is 0 Å². The average molecular weight is 285 g/mol. The molecular formula is C16H19N3O2. The second kappa shape index (κ2) is 6.65. The molecule has 0 aromatic heterocycles. The number of amidine groups is 1. The number of hydrogen-bond acceptors (Lipinski definition) is 4. The van der Waals surface area contributed by atoms with Crippen LogP contribution in [0.4, 0.5) is 5.69 Å². The van der Waals surface area contributed by atoms with Gasteiger partial charge in [0.05, 0.1) is 12.7 Å². The first-order chi connectivity index (χ1) is 10.2. The van der Waals surface area contributed by atoms with Gasteiger partial charge >= 0.3 is 0 Å². The Hall–Kier alpha value is -2.69. The van der Waals surface area contributed by atoms with Crippen molar-refractivity contribution in [3.05, 3.63) is 59.7 Å². The molecule has 0 heterocycles. The molecule has 5 heteroatoms. The molecule has 0 amide bonds. The molecule has 2 aromatic carbocycles. The Kier molecular flexibility index (Phi) is 4.66. The summed E-state index contributed by atoms with van der Waals surface area (Å²) in [4.78, 5) is 2.14. The van der Waals surface area contributed by atoms with Gasteiger partial charge in [0.25, 0.3) is 0 Å². The summed E-state index contributed by atoms with van der Waals surface area (Å²) in [6, 6.07) is 15.8. The lowest BCUT2D eigenvalue weighted by molar-refractivity contribution is 0.318. The van der Waals surface area contributed by atoms with Crippen molar-refractivity contribution in [3.8, 4) is 5.75 Å². The molecule has 21 heavy (non-hydrogen) atoms. The lowest BCUT2D eigenvalue weighted by Crippen LogP contribution is -2.17. The van der Waals surface area contributed by atoms with E-state index in [4.69, 9.17) is 15.7 Å². The first kappa shape index (κ1) is 14.7. The zero-order valence-electron chi connectivity index (χ0n) is 12.2. The Labute approximate surface area is 124 Å². The summed E-state index contributed by atoms with van der Waals surface area (Å²) in [6.45, 7) is 0.733. The van der Waals surface area contributed by atoms with E-state index in [1.165, 1.54) is 0 Å². The highest BCUT2D eigenvalue weighted by molar-refractivity contribution is 5.99. The van der Waals surface area contributed by atoms with Gasteiger partial charge in [-0.25, -0.2) is 0 Å². The molecule has 0 saturated heterocycles. The van der Waals surface area contributed by atoms with E-state index in [1.807, 2.05) is 37.4 Å². The molecule has 3 N–H and O–H groups in total. The lowest BCUT2D eigenvalue weighted by Gasteiger charge is -2.20. The van der Waals surface area contributed by atoms with Gasteiger partial charge in [-0.2, -0.15) is 0 Å². The Morgan fingerprint density at radius 2 is 1.95 bits per heavy atom. The third-order valence-corrected chi connectivity index (χ3v) is 3.27. The van der Waals surface area contributed by atoms with Crippen molar-refractivity contribution in [2.45, 2.75) is 6.54 Å². The largest absolute Gasteiger partial charge is 0.496 e. The Morgan fingerprint density at radius 1 is 1.24 bits per heavy atom. The number of anilines is 1. The summed E-state index contributed by atoms with van der Waals surface area (Å²) in [5.74, 6) is 0.624. The van der Waals surface area contributed by atoms with Gasteiger partial charge in [-0.1, -0.05) is 29.4 Å². The van der Waals surface area contributed by atoms with Gasteiger partial charge in [-0.05, 0) is 29.8 Å². The molecular weight excluding hydrogens is 266 g/mol. The Bertz CT molecular complexity index is 627. The van der Waals surface area contributed by atoms with Crippen LogP contribution < -0.4 is 15.4 Å². The van der Waals surface area contributed by atoms with Gasteiger partial charge in [-0.15, -0.1) is 0 Å². The van der Waals surface area contributed by atoms with Crippen molar-refractivity contribution >= 4 is 11.5 Å². The molecule has 2 aromatic rings. The fraction of sp³-hybridized carbons (Fsp3) is 0.188. The number of methoxy groups -OCH3 is 1. The normalized spacial score (nSPS) is 11.2. The van der Waals surface area contributed by atoms with E-state index in [0.717, 1.165) is 17.8 Å². The highest BCUT2D eigenvalue weighted by Gasteiger charge is 2.10. The van der Waals surface area contributed by atoms with E-state index in [9.17, 15) is 0 Å². The Balaban J connectivity index is 2.22. The van der Waals surface area contributed by atoms with Crippen molar-refractivity contribution in [1.29, 1.82) is 0 Å². The number of nitrogens with zero attached hydrogens (tertiary/aromatic N) is 2. The fourth-order valence-electron chi connectivity index (χ4n) is 2.15. The number of ether oxygens (including phenoxy) is 1. The van der Waals surface area contributed by atoms with Gasteiger partial charge in [0.1, 0.15) is 5.75 Å². The Morgan fingerprint density at radius 3 is 2.57 bits per heavy atom. The molecule has 0 atom stereocenters. The predicted molar refractivity (Wildman–Crippen MR) is 84.1 cm³/mol. The number of para-hydroxylation sites is 1. The SMILES string of the molecule is COc1cc(CN(C)c2ccccc2)ccc1/C(N)=N/O. The second-order valence-corrected chi connectivity index (χ2v) is 4.71. The highest BCUT2D eigenvalue weighted by Crippen LogP contribution is 2.22. The molecule has 0 aliphatic heterocycles. The summed E-state index contributed by atoms with van der Waals surface area (Å²) in [5.41, 5.74) is 8.41. The maximum absolute atomic E-state index is 8.77. The fourth-order valence-corrected chi connectivity index (χ4v) is 2.15. The van der Waals surface area contributed by atoms with Crippen molar-refractivity contribution < 1.29 is 9.94 Å². The van der Waals surface area contributed by atoms with Gasteiger partial charge in [0.15, 0.2) is 5.84 Å². The first-order valence-corrected chi connectivity index (χ1v) is 6.56. The number of rotatable bonds is 5. The molecule has 5 nitrogen and oxygen atoms in total. The molecule has 110 valence electrons. The number of hydrogen-bond donors (Lipinski definition) is 2. The molecule has 0 saturated carbocycles. The molecule has 0 spiro atoms. The standard InChI is InChI=1S/C16H19N3O2/c1-19(13-6-4-3-5-7-13)11-12-8-9-14(16(17)18-20)15(10-12)21-2/h3-10,20H,11H2,1-2H3,(H2,17,18). The zero-order chi connectivity index (χ0) is 15.2. The van der Waals surface area contributed by atoms with Crippen molar-refractivity contribution in [3.63, 3.8) is 0 Å². The summed E-state index contributed by atoms with van der Waals surface area (Å²) in [6.07, 6.45) is 0. The van der Waals surface area contributed by atoms with E-state index < -0.39 is 0 Å². The van der Waals surface area contributed by atoms with Crippen LogP contribution in [0.3, 0.4) is 0 Å². The van der Waals surface area contributed by atoms with Gasteiger partial charge in [0.2, 0.25) is 0 Å². The summed E-state index contributed by atoms with van der Waals surface area (Å²) in [5, 5.41) is 11.8. The minimum absolute atomic E-state index is 0.0369. The van der Waals surface area contributed by atoms with E-state index in [2.05, 4.69) is 22.2 Å². The first-order valence-electron chi connectivity index (χ1n) is 6.56. The summed E-state index contributed by atoms with van der Waals surface area (Å²) >= 11 is 0. The summed E-state index contributed by atoms with van der Waals surface area (Å²) in [7, 11) is 3.59. The smallest absolute Gasteiger partial charge is 0.173 e. The number of nitrogens with two attached hydrogens (primary N) is 1. The van der Waals surface area contributed by atoms with E-state index in [0.29, 0.717) is 11.3 Å². The number of oxime groups is 1. The minimum Gasteiger partial charge on any atom is -0.496 e. The van der Waals surface area contributed by atoms with Crippen LogP contribution in [-0.4, -0.2) is 25.2 Å². The van der Waals surface area contributed by atoms with Crippen molar-refractivity contribution in [2.75, 3.05) is 19.1 Å². The van der Waals surface area contributed by atoms with Gasteiger partial charge in [0, 0.05) is 19.3 Å². The average Bonchev–Trinajstić information content (AvgIpc) is 2.54. The highest BCUT2D eigenvalue weighted by atomic mass is 16.5. The molecule has 0 aliphatic carbocycles. The van der Waals surface area contributed by atoms with Crippen LogP contribution in [0.2, 0.25) is 0 Å². The van der Waals surface area contributed by atoms with Crippen LogP contribution in [0.25, 0.3) is 0 Å². The van der Waals surface area contributed by atoms with E-state index in [1.54, 1.807) is 13.2 Å². The summed E-state index contributed by atoms with van der Waals surface area (Å²) < 4.78 is 5.31. The third-order valence-electron chi connectivity index (χ3n) is 3.27. The topological polar surface area (TPSA) is 71.1 Å². The monoisotopic (exact) mass is 285 g/mol. The molecule has 0 radical (unpaired) electrons. The molecule has 0 aliphatic rings. The van der Waals surface area contributed by atoms with Crippen LogP contribution in [0.15, 0.2) is 53.7 Å². The third kappa shape index (κ3) is 3.45. The second-order valence-electron chi connectivity index (χ2n) is 4.71. The molecule has 0 unspecified atom stereocenters. The minimum atomic E-state index is 0.0369. The van der Waals surface area contributed by atoms with Gasteiger partial charge in [-0.3, -0.25) is 0 Å². The molecule has 2 rings (SSSR count). The van der Waals surface area contributed by atoms with Crippen LogP contribution in [0, 0.1) is 0 Å². The van der Waals surface area contributed by atoms with Crippen LogP contribution >= 0.6 is 0 Å². The quantitative estimate of drug-likeness (QED) is 0.383. The lowest BCUT2D eigenvalue weighted by atomic mass is 10.1. The molecule has 0 fully saturated rings.